The molecule has 2 aromatic heterocycles. The van der Waals surface area contributed by atoms with Gasteiger partial charge in [-0.25, -0.2) is 9.78 Å². The SMILES string of the molecule is CCCCOC(=O)N1CCN(C(=O)C(Cc2ccccc2)NC(=O)c2cc(On3nnc4ccccc43)nc(-c3ccccc3)n2)CC1. The van der Waals surface area contributed by atoms with Gasteiger partial charge in [-0.05, 0) is 29.3 Å². The summed E-state index contributed by atoms with van der Waals surface area (Å²) in [6.07, 6.45) is 1.62. The highest BCUT2D eigenvalue weighted by Gasteiger charge is 2.31. The van der Waals surface area contributed by atoms with E-state index in [1.165, 1.54) is 10.9 Å². The molecule has 0 spiro atoms. The Balaban J connectivity index is 1.24. The second-order valence-electron chi connectivity index (χ2n) is 11.3. The average molecular weight is 649 g/mol. The fourth-order valence-electron chi connectivity index (χ4n) is 5.31. The molecule has 3 heterocycles. The summed E-state index contributed by atoms with van der Waals surface area (Å²) < 4.78 is 5.35. The van der Waals surface area contributed by atoms with Crippen molar-refractivity contribution in [2.45, 2.75) is 32.2 Å². The van der Waals surface area contributed by atoms with Crippen LogP contribution in [-0.2, 0) is 16.0 Å². The first-order chi connectivity index (χ1) is 23.5. The number of hydrogen-bond acceptors (Lipinski definition) is 9. The van der Waals surface area contributed by atoms with E-state index in [1.54, 1.807) is 21.9 Å². The summed E-state index contributed by atoms with van der Waals surface area (Å²) in [5.74, 6) is -0.502. The molecule has 1 saturated heterocycles. The predicted octanol–water partition coefficient (Wildman–Crippen LogP) is 4.15. The Morgan fingerprint density at radius 2 is 1.54 bits per heavy atom. The lowest BCUT2D eigenvalue weighted by molar-refractivity contribution is -0.134. The van der Waals surface area contributed by atoms with Gasteiger partial charge >= 0.3 is 6.09 Å². The number of rotatable bonds is 11. The van der Waals surface area contributed by atoms with Crippen LogP contribution in [0.3, 0.4) is 0 Å². The Hall–Kier alpha value is -5.85. The molecule has 48 heavy (non-hydrogen) atoms. The van der Waals surface area contributed by atoms with Gasteiger partial charge in [0.1, 0.15) is 22.8 Å². The largest absolute Gasteiger partial charge is 0.449 e. The number of unbranched alkanes of at least 4 members (excludes halogenated alkanes) is 1. The van der Waals surface area contributed by atoms with E-state index in [0.29, 0.717) is 49.4 Å². The monoisotopic (exact) mass is 648 g/mol. The van der Waals surface area contributed by atoms with Crippen molar-refractivity contribution in [3.8, 4) is 17.3 Å². The minimum absolute atomic E-state index is 0.00813. The molecule has 1 fully saturated rings. The third-order valence-corrected chi connectivity index (χ3v) is 7.93. The van der Waals surface area contributed by atoms with E-state index in [1.807, 2.05) is 79.7 Å². The second kappa shape index (κ2) is 15.2. The number of nitrogens with one attached hydrogen (secondary N) is 1. The molecular formula is C35H36N8O5. The number of hydrogen-bond donors (Lipinski definition) is 1. The summed E-state index contributed by atoms with van der Waals surface area (Å²) >= 11 is 0. The minimum atomic E-state index is -0.901. The molecule has 1 N–H and O–H groups in total. The van der Waals surface area contributed by atoms with Gasteiger partial charge in [0.2, 0.25) is 5.91 Å². The van der Waals surface area contributed by atoms with Crippen LogP contribution in [0.4, 0.5) is 4.79 Å². The van der Waals surface area contributed by atoms with E-state index >= 15 is 0 Å². The van der Waals surface area contributed by atoms with E-state index in [9.17, 15) is 14.4 Å². The Labute approximate surface area is 277 Å². The average Bonchev–Trinajstić information content (AvgIpc) is 3.54. The summed E-state index contributed by atoms with van der Waals surface area (Å²) in [7, 11) is 0. The van der Waals surface area contributed by atoms with Crippen molar-refractivity contribution in [3.63, 3.8) is 0 Å². The fraction of sp³-hybridized carbons (Fsp3) is 0.286. The smallest absolute Gasteiger partial charge is 0.409 e. The van der Waals surface area contributed by atoms with Crippen molar-refractivity contribution in [2.75, 3.05) is 32.8 Å². The van der Waals surface area contributed by atoms with Crippen LogP contribution in [0.1, 0.15) is 35.8 Å². The summed E-state index contributed by atoms with van der Waals surface area (Å²) in [5, 5.41) is 11.1. The number of benzene rings is 3. The van der Waals surface area contributed by atoms with Crippen LogP contribution < -0.4 is 10.2 Å². The number of para-hydroxylation sites is 1. The van der Waals surface area contributed by atoms with Crippen molar-refractivity contribution in [1.82, 2.24) is 40.2 Å². The lowest BCUT2D eigenvalue weighted by atomic mass is 10.0. The Morgan fingerprint density at radius 1 is 0.854 bits per heavy atom. The Bertz CT molecular complexity index is 1860. The summed E-state index contributed by atoms with van der Waals surface area (Å²) in [5.41, 5.74) is 2.80. The highest BCUT2D eigenvalue weighted by Crippen LogP contribution is 2.21. The maximum absolute atomic E-state index is 13.9. The molecule has 1 aliphatic heterocycles. The van der Waals surface area contributed by atoms with Gasteiger partial charge in [0.15, 0.2) is 5.82 Å². The van der Waals surface area contributed by atoms with Crippen molar-refractivity contribution in [1.29, 1.82) is 0 Å². The number of carbonyl (C=O) groups is 3. The fourth-order valence-corrected chi connectivity index (χ4v) is 5.31. The van der Waals surface area contributed by atoms with Crippen LogP contribution in [0.2, 0.25) is 0 Å². The molecule has 3 aromatic carbocycles. The maximum atomic E-state index is 13.9. The summed E-state index contributed by atoms with van der Waals surface area (Å²) in [4.78, 5) is 59.9. The first-order valence-corrected chi connectivity index (χ1v) is 16.0. The van der Waals surface area contributed by atoms with Crippen molar-refractivity contribution in [3.05, 3.63) is 102 Å². The molecule has 0 saturated carbocycles. The quantitative estimate of drug-likeness (QED) is 0.209. The van der Waals surface area contributed by atoms with Crippen LogP contribution in [0.15, 0.2) is 91.0 Å². The highest BCUT2D eigenvalue weighted by molar-refractivity contribution is 5.96. The number of nitrogens with zero attached hydrogens (tertiary/aromatic N) is 7. The van der Waals surface area contributed by atoms with E-state index < -0.39 is 11.9 Å². The van der Waals surface area contributed by atoms with Gasteiger partial charge in [-0.15, -0.1) is 5.10 Å². The minimum Gasteiger partial charge on any atom is -0.449 e. The van der Waals surface area contributed by atoms with Crippen LogP contribution >= 0.6 is 0 Å². The summed E-state index contributed by atoms with van der Waals surface area (Å²) in [6, 6.07) is 26.5. The molecule has 1 aliphatic rings. The molecule has 6 rings (SSSR count). The molecule has 246 valence electrons. The normalized spacial score (nSPS) is 13.6. The van der Waals surface area contributed by atoms with Crippen molar-refractivity contribution >= 4 is 28.9 Å². The number of amides is 3. The zero-order chi connectivity index (χ0) is 33.3. The highest BCUT2D eigenvalue weighted by atomic mass is 16.7. The Morgan fingerprint density at radius 3 is 2.29 bits per heavy atom. The number of aromatic nitrogens is 5. The first-order valence-electron chi connectivity index (χ1n) is 16.0. The van der Waals surface area contributed by atoms with Crippen LogP contribution in [0.5, 0.6) is 5.88 Å². The van der Waals surface area contributed by atoms with Gasteiger partial charge in [-0.3, -0.25) is 9.59 Å². The molecule has 1 unspecified atom stereocenters. The molecule has 0 aliphatic carbocycles. The lowest BCUT2D eigenvalue weighted by Crippen LogP contribution is -2.56. The molecule has 0 bridgehead atoms. The van der Waals surface area contributed by atoms with E-state index in [-0.39, 0.29) is 35.8 Å². The van der Waals surface area contributed by atoms with E-state index in [0.717, 1.165) is 18.4 Å². The second-order valence-corrected chi connectivity index (χ2v) is 11.3. The Kier molecular flexibility index (Phi) is 10.1. The lowest BCUT2D eigenvalue weighted by Gasteiger charge is -2.36. The van der Waals surface area contributed by atoms with Crippen molar-refractivity contribution < 1.29 is 24.0 Å². The van der Waals surface area contributed by atoms with Crippen LogP contribution in [-0.4, -0.2) is 91.7 Å². The van der Waals surface area contributed by atoms with Crippen LogP contribution in [0.25, 0.3) is 22.4 Å². The standard InChI is InChI=1S/C35H36N8O5/c1-2-3-22-47-35(46)42-20-18-41(19-21-42)34(45)29(23-25-12-6-4-7-13-25)37-33(44)28-24-31(38-32(36-28)26-14-8-5-9-15-26)48-43-30-17-11-10-16-27(30)39-40-43/h4-17,24,29H,2-3,18-23H2,1H3,(H,37,44). The predicted molar refractivity (Wildman–Crippen MR) is 177 cm³/mol. The summed E-state index contributed by atoms with van der Waals surface area (Å²) in [6.45, 7) is 3.72. The van der Waals surface area contributed by atoms with Crippen molar-refractivity contribution in [2.24, 2.45) is 0 Å². The molecular weight excluding hydrogens is 612 g/mol. The molecule has 3 amide bonds. The molecule has 0 radical (unpaired) electrons. The number of carbonyl (C=O) groups excluding carboxylic acids is 3. The number of fused-ring (bicyclic) bond motifs is 1. The molecule has 13 nitrogen and oxygen atoms in total. The topological polar surface area (TPSA) is 145 Å². The zero-order valence-electron chi connectivity index (χ0n) is 26.6. The molecule has 13 heteroatoms. The third kappa shape index (κ3) is 7.74. The van der Waals surface area contributed by atoms with Crippen LogP contribution in [0, 0.1) is 0 Å². The van der Waals surface area contributed by atoms with Gasteiger partial charge in [0, 0.05) is 44.2 Å². The maximum Gasteiger partial charge on any atom is 0.409 e. The third-order valence-electron chi connectivity index (χ3n) is 7.93. The number of ether oxygens (including phenoxy) is 1. The van der Waals surface area contributed by atoms with Gasteiger partial charge in [0.05, 0.1) is 6.61 Å². The first kappa shape index (κ1) is 32.1. The van der Waals surface area contributed by atoms with E-state index in [2.05, 4.69) is 25.6 Å². The van der Waals surface area contributed by atoms with E-state index in [4.69, 9.17) is 9.57 Å². The van der Waals surface area contributed by atoms with Gasteiger partial charge in [-0.2, -0.15) is 4.98 Å². The van der Waals surface area contributed by atoms with Gasteiger partial charge in [-0.1, -0.05) is 91.0 Å². The molecule has 1 atom stereocenters. The van der Waals surface area contributed by atoms with Gasteiger partial charge < -0.3 is 24.7 Å². The van der Waals surface area contributed by atoms with Gasteiger partial charge in [0.25, 0.3) is 11.8 Å². The molecule has 5 aromatic rings. The number of piperazine rings is 1. The zero-order valence-corrected chi connectivity index (χ0v) is 26.6.